The molecule has 2 aliphatic rings. The number of phenolic OH excluding ortho intramolecular Hbond substituents is 1. The summed E-state index contributed by atoms with van der Waals surface area (Å²) in [7, 11) is 0. The van der Waals surface area contributed by atoms with Gasteiger partial charge in [0.1, 0.15) is 5.75 Å². The summed E-state index contributed by atoms with van der Waals surface area (Å²) in [6, 6.07) is 20.4. The van der Waals surface area contributed by atoms with Crippen LogP contribution in [0.25, 0.3) is 16.8 Å². The molecule has 0 spiro atoms. The van der Waals surface area contributed by atoms with Gasteiger partial charge in [-0.05, 0) is 78.4 Å². The topological polar surface area (TPSA) is 60.7 Å². The van der Waals surface area contributed by atoms with E-state index < -0.39 is 0 Å². The molecule has 1 heterocycles. The normalized spacial score (nSPS) is 17.5. The van der Waals surface area contributed by atoms with Gasteiger partial charge in [-0.15, -0.1) is 0 Å². The number of hydrogen-bond donors (Lipinski definition) is 1. The second-order valence-corrected chi connectivity index (χ2v) is 9.62. The molecular weight excluding hydrogens is 472 g/mol. The first-order valence-corrected chi connectivity index (χ1v) is 13.6. The van der Waals surface area contributed by atoms with E-state index in [-0.39, 0.29) is 5.75 Å². The number of phenols is 1. The van der Waals surface area contributed by atoms with Gasteiger partial charge in [0.25, 0.3) is 0 Å². The minimum absolute atomic E-state index is 0.203. The summed E-state index contributed by atoms with van der Waals surface area (Å²) in [5, 5.41) is 21.2. The summed E-state index contributed by atoms with van der Waals surface area (Å²) in [4.78, 5) is 4.78. The van der Waals surface area contributed by atoms with E-state index in [0.29, 0.717) is 5.56 Å². The second-order valence-electron chi connectivity index (χ2n) is 9.62. The van der Waals surface area contributed by atoms with Crippen LogP contribution in [-0.4, -0.2) is 61.8 Å². The van der Waals surface area contributed by atoms with Gasteiger partial charge in [-0.3, -0.25) is 0 Å². The molecule has 0 radical (unpaired) electrons. The highest BCUT2D eigenvalue weighted by Crippen LogP contribution is 2.35. The molecule has 6 nitrogen and oxygen atoms in total. The summed E-state index contributed by atoms with van der Waals surface area (Å²) < 4.78 is 5.63. The Morgan fingerprint density at radius 1 is 0.895 bits per heavy atom. The Balaban J connectivity index is 1.42. The van der Waals surface area contributed by atoms with Crippen LogP contribution < -0.4 is 4.90 Å². The predicted molar refractivity (Wildman–Crippen MR) is 158 cm³/mol. The molecule has 6 heteroatoms. The first kappa shape index (κ1) is 25.7. The summed E-state index contributed by atoms with van der Waals surface area (Å²) in [6.07, 6.45) is 7.74. The fraction of sp³-hybridized carbons (Fsp3) is 0.312. The lowest BCUT2D eigenvalue weighted by atomic mass is 10.0. The van der Waals surface area contributed by atoms with E-state index >= 15 is 0 Å². The molecule has 0 saturated carbocycles. The molecule has 196 valence electrons. The van der Waals surface area contributed by atoms with Crippen LogP contribution in [-0.2, 0) is 4.74 Å². The molecule has 3 aromatic carbocycles. The van der Waals surface area contributed by atoms with Crippen molar-refractivity contribution in [1.29, 1.82) is 0 Å². The van der Waals surface area contributed by atoms with Crippen molar-refractivity contribution < 1.29 is 9.84 Å². The van der Waals surface area contributed by atoms with Gasteiger partial charge in [-0.2, -0.15) is 10.2 Å². The summed E-state index contributed by atoms with van der Waals surface area (Å²) >= 11 is 0. The fourth-order valence-electron chi connectivity index (χ4n) is 5.36. The first-order chi connectivity index (χ1) is 18.7. The van der Waals surface area contributed by atoms with Crippen molar-refractivity contribution in [3.8, 4) is 5.75 Å². The molecule has 0 amide bonds. The number of allylic oxidation sites excluding steroid dienone is 2. The van der Waals surface area contributed by atoms with Gasteiger partial charge in [-0.1, -0.05) is 42.5 Å². The van der Waals surface area contributed by atoms with Gasteiger partial charge in [0.15, 0.2) is 0 Å². The third-order valence-corrected chi connectivity index (χ3v) is 7.38. The monoisotopic (exact) mass is 508 g/mol. The van der Waals surface area contributed by atoms with Crippen LogP contribution in [0.5, 0.6) is 5.75 Å². The van der Waals surface area contributed by atoms with E-state index in [2.05, 4.69) is 64.2 Å². The smallest absolute Gasteiger partial charge is 0.125 e. The Labute approximate surface area is 225 Å². The maximum Gasteiger partial charge on any atom is 0.125 e. The van der Waals surface area contributed by atoms with Crippen LogP contribution in [0.4, 0.5) is 5.69 Å². The minimum atomic E-state index is 0.203. The van der Waals surface area contributed by atoms with Gasteiger partial charge in [0.2, 0.25) is 0 Å². The Bertz CT molecular complexity index is 1380. The van der Waals surface area contributed by atoms with Crippen molar-refractivity contribution in [2.75, 3.05) is 44.3 Å². The van der Waals surface area contributed by atoms with E-state index in [1.165, 1.54) is 28.1 Å². The van der Waals surface area contributed by atoms with Crippen molar-refractivity contribution in [2.24, 2.45) is 10.2 Å². The van der Waals surface area contributed by atoms with Crippen LogP contribution >= 0.6 is 0 Å². The van der Waals surface area contributed by atoms with Crippen molar-refractivity contribution in [3.05, 3.63) is 88.6 Å². The average Bonchev–Trinajstić information content (AvgIpc) is 3.36. The molecule has 38 heavy (non-hydrogen) atoms. The maximum absolute atomic E-state index is 10.4. The van der Waals surface area contributed by atoms with E-state index in [4.69, 9.17) is 4.74 Å². The van der Waals surface area contributed by atoms with Gasteiger partial charge >= 0.3 is 0 Å². The lowest BCUT2D eigenvalue weighted by Crippen LogP contribution is -2.36. The van der Waals surface area contributed by atoms with Gasteiger partial charge in [-0.25, -0.2) is 0 Å². The largest absolute Gasteiger partial charge is 0.507 e. The number of morpholine rings is 1. The average molecular weight is 509 g/mol. The molecule has 1 fully saturated rings. The number of nitrogens with zero attached hydrogens (tertiary/aromatic N) is 4. The van der Waals surface area contributed by atoms with Crippen molar-refractivity contribution in [3.63, 3.8) is 0 Å². The number of hydrogen-bond acceptors (Lipinski definition) is 6. The fourth-order valence-corrected chi connectivity index (χ4v) is 5.36. The molecule has 1 N–H and O–H groups in total. The third-order valence-electron chi connectivity index (χ3n) is 7.38. The molecule has 1 aliphatic carbocycles. The van der Waals surface area contributed by atoms with E-state index in [1.807, 2.05) is 36.5 Å². The minimum Gasteiger partial charge on any atom is -0.507 e. The zero-order valence-corrected chi connectivity index (χ0v) is 22.3. The highest BCUT2D eigenvalue weighted by Gasteiger charge is 2.25. The molecule has 5 rings (SSSR count). The SMILES string of the molecule is CCN(CC)c1ccc(/C=C2/CCC(C=N/N=C/c3c(O)ccc4ccccc34)=C2N2CCOCC2)cc1. The number of fused-ring (bicyclic) bond motifs is 1. The highest BCUT2D eigenvalue weighted by atomic mass is 16.5. The van der Waals surface area contributed by atoms with Crippen molar-refractivity contribution in [2.45, 2.75) is 26.7 Å². The quantitative estimate of drug-likeness (QED) is 0.288. The third kappa shape index (κ3) is 5.65. The molecule has 0 atom stereocenters. The van der Waals surface area contributed by atoms with Gasteiger partial charge in [0, 0.05) is 43.1 Å². The molecule has 1 aliphatic heterocycles. The first-order valence-electron chi connectivity index (χ1n) is 13.6. The Morgan fingerprint density at radius 2 is 1.63 bits per heavy atom. The number of aromatic hydroxyl groups is 1. The van der Waals surface area contributed by atoms with E-state index in [1.54, 1.807) is 12.3 Å². The van der Waals surface area contributed by atoms with Crippen LogP contribution in [0.15, 0.2) is 87.7 Å². The molecule has 0 bridgehead atoms. The molecule has 1 saturated heterocycles. The summed E-state index contributed by atoms with van der Waals surface area (Å²) in [5.41, 5.74) is 6.94. The molecule has 3 aromatic rings. The molecule has 0 aromatic heterocycles. The zero-order chi connectivity index (χ0) is 26.3. The lowest BCUT2D eigenvalue weighted by Gasteiger charge is -2.31. The summed E-state index contributed by atoms with van der Waals surface area (Å²) in [6.45, 7) is 9.61. The number of rotatable bonds is 8. The standard InChI is InChI=1S/C32H36N4O2/c1-3-35(4-2)28-14-9-24(10-15-28)21-26-11-12-27(32(26)36-17-19-38-20-18-36)22-33-34-23-30-29-8-6-5-7-25(29)13-16-31(30)37/h5-10,13-16,21-23,37H,3-4,11-12,17-20H2,1-2H3/b26-21-,33-22?,34-23+. The lowest BCUT2D eigenvalue weighted by molar-refractivity contribution is 0.0548. The Hall–Kier alpha value is -3.90. The number of anilines is 1. The van der Waals surface area contributed by atoms with Gasteiger partial charge in [0.05, 0.1) is 25.6 Å². The van der Waals surface area contributed by atoms with Crippen LogP contribution in [0.3, 0.4) is 0 Å². The van der Waals surface area contributed by atoms with Crippen LogP contribution in [0, 0.1) is 0 Å². The molecule has 0 unspecified atom stereocenters. The van der Waals surface area contributed by atoms with E-state index in [0.717, 1.165) is 63.0 Å². The summed E-state index contributed by atoms with van der Waals surface area (Å²) in [5.74, 6) is 0.203. The van der Waals surface area contributed by atoms with E-state index in [9.17, 15) is 5.11 Å². The number of ether oxygens (including phenoxy) is 1. The van der Waals surface area contributed by atoms with Gasteiger partial charge < -0.3 is 19.6 Å². The molecular formula is C32H36N4O2. The number of benzene rings is 3. The predicted octanol–water partition coefficient (Wildman–Crippen LogP) is 6.26. The van der Waals surface area contributed by atoms with Crippen LogP contribution in [0.1, 0.15) is 37.8 Å². The highest BCUT2D eigenvalue weighted by molar-refractivity contribution is 6.02. The van der Waals surface area contributed by atoms with Crippen molar-refractivity contribution in [1.82, 2.24) is 4.90 Å². The Morgan fingerprint density at radius 3 is 2.39 bits per heavy atom. The second kappa shape index (κ2) is 12.1. The zero-order valence-electron chi connectivity index (χ0n) is 22.3. The van der Waals surface area contributed by atoms with Crippen LogP contribution in [0.2, 0.25) is 0 Å². The Kier molecular flexibility index (Phi) is 8.19. The van der Waals surface area contributed by atoms with Crippen molar-refractivity contribution >= 4 is 35.0 Å². The maximum atomic E-state index is 10.4.